The number of carbonyl (C=O) groups excluding carboxylic acids is 4. The zero-order valence-corrected chi connectivity index (χ0v) is 20.1. The highest BCUT2D eigenvalue weighted by Gasteiger charge is 2.47. The van der Waals surface area contributed by atoms with Crippen molar-refractivity contribution in [3.8, 4) is 0 Å². The number of carbonyl (C=O) groups is 4. The van der Waals surface area contributed by atoms with Crippen molar-refractivity contribution in [2.24, 2.45) is 11.8 Å². The summed E-state index contributed by atoms with van der Waals surface area (Å²) in [6.07, 6.45) is 13.2. The van der Waals surface area contributed by atoms with Gasteiger partial charge in [0.2, 0.25) is 11.8 Å². The lowest BCUT2D eigenvalue weighted by molar-refractivity contribution is -0.145. The number of unbranched alkanes of at least 4 members (excludes halogenated alkanes) is 4. The third-order valence-corrected chi connectivity index (χ3v) is 6.35. The Kier molecular flexibility index (Phi) is 12.1. The number of nitrogens with one attached hydrogen (secondary N) is 2. The number of allylic oxidation sites excluding steroid dienone is 1. The molecule has 2 bridgehead atoms. The third-order valence-electron chi connectivity index (χ3n) is 6.35. The number of Topliss-reactive ketones (excluding diaryl/α,β-unsaturated/α-hetero) is 1. The molecule has 33 heavy (non-hydrogen) atoms. The molecule has 186 valence electrons. The Morgan fingerprint density at radius 1 is 0.970 bits per heavy atom. The summed E-state index contributed by atoms with van der Waals surface area (Å²) < 4.78 is 10.8. The largest absolute Gasteiger partial charge is 0.458 e. The molecular formula is C25H40N2O6. The maximum atomic E-state index is 12.2. The van der Waals surface area contributed by atoms with Gasteiger partial charge in [0, 0.05) is 38.1 Å². The summed E-state index contributed by atoms with van der Waals surface area (Å²) in [7, 11) is 0. The minimum Gasteiger partial charge on any atom is -0.458 e. The van der Waals surface area contributed by atoms with Gasteiger partial charge < -0.3 is 20.1 Å². The summed E-state index contributed by atoms with van der Waals surface area (Å²) in [4.78, 5) is 46.3. The predicted molar refractivity (Wildman–Crippen MR) is 124 cm³/mol. The Hall–Kier alpha value is -2.22. The Labute approximate surface area is 197 Å². The van der Waals surface area contributed by atoms with Crippen molar-refractivity contribution in [3.05, 3.63) is 12.2 Å². The summed E-state index contributed by atoms with van der Waals surface area (Å²) in [5.41, 5.74) is 0. The van der Waals surface area contributed by atoms with Crippen molar-refractivity contribution in [3.63, 3.8) is 0 Å². The van der Waals surface area contributed by atoms with Crippen molar-refractivity contribution in [1.29, 1.82) is 0 Å². The number of fused-ring (bicyclic) bond motifs is 2. The topological polar surface area (TPSA) is 111 Å². The lowest BCUT2D eigenvalue weighted by Crippen LogP contribution is -2.42. The minimum atomic E-state index is -0.433. The number of rotatable bonds is 16. The molecule has 0 aliphatic carbocycles. The SMILES string of the molecule is CCCCCC(=O)NCC(=O)NC[C@H]1[C@@H](C=CCCCCC(=O)COC(C)=O)[C@H]2CC[C@@H]1O2. The number of ether oxygens (including phenoxy) is 2. The van der Waals surface area contributed by atoms with Crippen LogP contribution in [0.15, 0.2) is 12.2 Å². The van der Waals surface area contributed by atoms with Crippen LogP contribution < -0.4 is 10.6 Å². The van der Waals surface area contributed by atoms with Gasteiger partial charge >= 0.3 is 5.97 Å². The van der Waals surface area contributed by atoms with Crippen LogP contribution in [0.25, 0.3) is 0 Å². The predicted octanol–water partition coefficient (Wildman–Crippen LogP) is 2.84. The van der Waals surface area contributed by atoms with Gasteiger partial charge in [-0.05, 0) is 38.5 Å². The molecule has 0 saturated carbocycles. The van der Waals surface area contributed by atoms with E-state index in [0.717, 1.165) is 51.4 Å². The zero-order chi connectivity index (χ0) is 24.1. The second kappa shape index (κ2) is 14.8. The molecule has 0 spiro atoms. The van der Waals surface area contributed by atoms with Crippen LogP contribution in [-0.2, 0) is 28.7 Å². The van der Waals surface area contributed by atoms with Crippen LogP contribution in [0.3, 0.4) is 0 Å². The van der Waals surface area contributed by atoms with Gasteiger partial charge in [0.25, 0.3) is 0 Å². The van der Waals surface area contributed by atoms with Crippen molar-refractivity contribution >= 4 is 23.6 Å². The van der Waals surface area contributed by atoms with Crippen LogP contribution in [0.4, 0.5) is 0 Å². The summed E-state index contributed by atoms with van der Waals surface area (Å²) in [5.74, 6) is -0.202. The van der Waals surface area contributed by atoms with Crippen molar-refractivity contribution in [1.82, 2.24) is 10.6 Å². The van der Waals surface area contributed by atoms with Crippen molar-refractivity contribution in [2.75, 3.05) is 19.7 Å². The second-order valence-electron chi connectivity index (χ2n) is 9.06. The fraction of sp³-hybridized carbons (Fsp3) is 0.760. The molecule has 2 fully saturated rings. The number of hydrogen-bond acceptors (Lipinski definition) is 6. The first-order chi connectivity index (χ1) is 15.9. The van der Waals surface area contributed by atoms with E-state index in [4.69, 9.17) is 9.47 Å². The van der Waals surface area contributed by atoms with Crippen LogP contribution in [0, 0.1) is 11.8 Å². The molecule has 0 aromatic carbocycles. The summed E-state index contributed by atoms with van der Waals surface area (Å²) in [6, 6.07) is 0. The van der Waals surface area contributed by atoms with E-state index in [2.05, 4.69) is 29.7 Å². The van der Waals surface area contributed by atoms with Crippen LogP contribution in [0.5, 0.6) is 0 Å². The van der Waals surface area contributed by atoms with Gasteiger partial charge in [-0.2, -0.15) is 0 Å². The fourth-order valence-corrected chi connectivity index (χ4v) is 4.53. The molecule has 2 aliphatic rings. The molecule has 0 aromatic heterocycles. The van der Waals surface area contributed by atoms with E-state index in [1.807, 2.05) is 0 Å². The normalized spacial score (nSPS) is 23.6. The fourth-order valence-electron chi connectivity index (χ4n) is 4.53. The van der Waals surface area contributed by atoms with Gasteiger partial charge in [0.05, 0.1) is 18.8 Å². The highest BCUT2D eigenvalue weighted by atomic mass is 16.5. The first-order valence-corrected chi connectivity index (χ1v) is 12.4. The molecule has 2 amide bonds. The molecule has 0 unspecified atom stereocenters. The Morgan fingerprint density at radius 2 is 1.73 bits per heavy atom. The standard InChI is InChI=1S/C25H40N2O6/c1-3-4-7-12-24(30)27-16-25(31)26-15-21-20(22-13-14-23(21)33-22)11-9-6-5-8-10-19(29)17-32-18(2)28/h9,11,20-23H,3-8,10,12-17H2,1-2H3,(H,26,31)(H,27,30)/t20-,21+,22-,23+/m1/s1. The van der Waals surface area contributed by atoms with Crippen LogP contribution in [0.2, 0.25) is 0 Å². The van der Waals surface area contributed by atoms with Gasteiger partial charge in [0.1, 0.15) is 6.61 Å². The van der Waals surface area contributed by atoms with Gasteiger partial charge in [-0.15, -0.1) is 0 Å². The molecule has 4 atom stereocenters. The van der Waals surface area contributed by atoms with Crippen molar-refractivity contribution in [2.45, 2.75) is 90.3 Å². The van der Waals surface area contributed by atoms with Gasteiger partial charge in [-0.1, -0.05) is 31.9 Å². The Morgan fingerprint density at radius 3 is 2.48 bits per heavy atom. The molecule has 8 nitrogen and oxygen atoms in total. The lowest BCUT2D eigenvalue weighted by atomic mass is 9.79. The van der Waals surface area contributed by atoms with Gasteiger partial charge in [0.15, 0.2) is 5.78 Å². The Balaban J connectivity index is 1.65. The highest BCUT2D eigenvalue weighted by molar-refractivity contribution is 5.84. The Bertz CT molecular complexity index is 692. The second-order valence-corrected chi connectivity index (χ2v) is 9.06. The number of hydrogen-bond donors (Lipinski definition) is 2. The summed E-state index contributed by atoms with van der Waals surface area (Å²) in [6.45, 7) is 3.81. The smallest absolute Gasteiger partial charge is 0.303 e. The molecule has 2 rings (SSSR count). The maximum Gasteiger partial charge on any atom is 0.303 e. The van der Waals surface area contributed by atoms with E-state index in [1.54, 1.807) is 0 Å². The molecule has 2 N–H and O–H groups in total. The maximum absolute atomic E-state index is 12.2. The first-order valence-electron chi connectivity index (χ1n) is 12.4. The van der Waals surface area contributed by atoms with Gasteiger partial charge in [-0.25, -0.2) is 0 Å². The lowest BCUT2D eigenvalue weighted by Gasteiger charge is -2.26. The average molecular weight is 465 g/mol. The monoisotopic (exact) mass is 464 g/mol. The summed E-state index contributed by atoms with van der Waals surface area (Å²) >= 11 is 0. The van der Waals surface area contributed by atoms with E-state index in [-0.39, 0.29) is 54.8 Å². The molecule has 2 aliphatic heterocycles. The number of ketones is 1. The highest BCUT2D eigenvalue weighted by Crippen LogP contribution is 2.43. The molecular weight excluding hydrogens is 424 g/mol. The minimum absolute atomic E-state index is 0.0172. The van der Waals surface area contributed by atoms with E-state index in [0.29, 0.717) is 19.4 Å². The average Bonchev–Trinajstić information content (AvgIpc) is 3.39. The van der Waals surface area contributed by atoms with Crippen molar-refractivity contribution < 1.29 is 28.7 Å². The van der Waals surface area contributed by atoms with E-state index < -0.39 is 5.97 Å². The van der Waals surface area contributed by atoms with Crippen LogP contribution >= 0.6 is 0 Å². The number of esters is 1. The van der Waals surface area contributed by atoms with E-state index >= 15 is 0 Å². The molecule has 0 aromatic rings. The van der Waals surface area contributed by atoms with E-state index in [9.17, 15) is 19.2 Å². The first kappa shape index (κ1) is 27.0. The zero-order valence-electron chi connectivity index (χ0n) is 20.1. The van der Waals surface area contributed by atoms with Crippen LogP contribution in [0.1, 0.15) is 78.1 Å². The van der Waals surface area contributed by atoms with Gasteiger partial charge in [-0.3, -0.25) is 19.2 Å². The summed E-state index contributed by atoms with van der Waals surface area (Å²) in [5, 5.41) is 5.66. The molecule has 8 heteroatoms. The van der Waals surface area contributed by atoms with Crippen LogP contribution in [-0.4, -0.2) is 55.5 Å². The number of amides is 2. The molecule has 0 radical (unpaired) electrons. The van der Waals surface area contributed by atoms with E-state index in [1.165, 1.54) is 6.92 Å². The quantitative estimate of drug-likeness (QED) is 0.206. The molecule has 2 heterocycles. The third kappa shape index (κ3) is 10.1. The molecule has 2 saturated heterocycles.